The number of esters is 1. The number of nitrogens with zero attached hydrogens (tertiary/aromatic N) is 1. The summed E-state index contributed by atoms with van der Waals surface area (Å²) in [5.74, 6) is -0.899. The molecule has 0 unspecified atom stereocenters. The highest BCUT2D eigenvalue weighted by Crippen LogP contribution is 2.28. The molecule has 2 aromatic rings. The lowest BCUT2D eigenvalue weighted by molar-refractivity contribution is -0.117. The van der Waals surface area contributed by atoms with Crippen LogP contribution in [-0.4, -0.2) is 31.0 Å². The van der Waals surface area contributed by atoms with Crippen molar-refractivity contribution < 1.29 is 23.9 Å². The van der Waals surface area contributed by atoms with Gasteiger partial charge in [-0.2, -0.15) is 0 Å². The maximum absolute atomic E-state index is 12.8. The third kappa shape index (κ3) is 4.48. The molecule has 0 bridgehead atoms. The predicted molar refractivity (Wildman–Crippen MR) is 111 cm³/mol. The zero-order valence-electron chi connectivity index (χ0n) is 15.9. The van der Waals surface area contributed by atoms with Crippen molar-refractivity contribution in [3.05, 3.63) is 63.6 Å². The van der Waals surface area contributed by atoms with Gasteiger partial charge in [0.05, 0.1) is 24.5 Å². The maximum Gasteiger partial charge on any atom is 0.338 e. The Morgan fingerprint density at radius 1 is 1.10 bits per heavy atom. The average Bonchev–Trinajstić information content (AvgIpc) is 2.98. The standard InChI is InChI=1S/C21H19BrN2O5/c1-3-28-18-10-7-15(22)11-14(18)12-17-19(25)23-24(20(17)26)16-8-5-13(6-9-16)21(27)29-4-2/h5-12H,3-4H2,1-2H3,(H,23,25). The van der Waals surface area contributed by atoms with Crippen LogP contribution in [0.2, 0.25) is 0 Å². The fraction of sp³-hybridized carbons (Fsp3) is 0.190. The van der Waals surface area contributed by atoms with Gasteiger partial charge in [0.15, 0.2) is 0 Å². The molecule has 0 saturated carbocycles. The van der Waals surface area contributed by atoms with Gasteiger partial charge in [-0.1, -0.05) is 15.9 Å². The number of carbonyl (C=O) groups excluding carboxylic acids is 3. The van der Waals surface area contributed by atoms with Crippen LogP contribution >= 0.6 is 15.9 Å². The first kappa shape index (κ1) is 20.6. The van der Waals surface area contributed by atoms with Crippen molar-refractivity contribution in [2.45, 2.75) is 13.8 Å². The van der Waals surface area contributed by atoms with E-state index in [2.05, 4.69) is 21.4 Å². The van der Waals surface area contributed by atoms with E-state index >= 15 is 0 Å². The second-order valence-electron chi connectivity index (χ2n) is 6.02. The van der Waals surface area contributed by atoms with Crippen LogP contribution in [0.15, 0.2) is 52.5 Å². The number of hydrazine groups is 1. The number of benzene rings is 2. The number of rotatable bonds is 6. The average molecular weight is 459 g/mol. The first-order valence-corrected chi connectivity index (χ1v) is 9.80. The Bertz CT molecular complexity index is 985. The molecule has 150 valence electrons. The lowest BCUT2D eigenvalue weighted by atomic mass is 10.1. The van der Waals surface area contributed by atoms with Crippen molar-refractivity contribution in [3.8, 4) is 5.75 Å². The monoisotopic (exact) mass is 458 g/mol. The Kier molecular flexibility index (Phi) is 6.33. The molecule has 0 radical (unpaired) electrons. The summed E-state index contributed by atoms with van der Waals surface area (Å²) in [5, 5.41) is 1.14. The summed E-state index contributed by atoms with van der Waals surface area (Å²) in [7, 11) is 0. The summed E-state index contributed by atoms with van der Waals surface area (Å²) >= 11 is 3.39. The molecule has 2 aromatic carbocycles. The van der Waals surface area contributed by atoms with E-state index < -0.39 is 17.8 Å². The minimum atomic E-state index is -0.521. The van der Waals surface area contributed by atoms with Gasteiger partial charge in [-0.05, 0) is 62.4 Å². The molecule has 0 aromatic heterocycles. The van der Waals surface area contributed by atoms with Crippen LogP contribution in [0.3, 0.4) is 0 Å². The highest BCUT2D eigenvalue weighted by Gasteiger charge is 2.34. The summed E-state index contributed by atoms with van der Waals surface area (Å²) in [5.41, 5.74) is 3.92. The van der Waals surface area contributed by atoms with E-state index in [1.165, 1.54) is 18.2 Å². The summed E-state index contributed by atoms with van der Waals surface area (Å²) < 4.78 is 11.3. The Morgan fingerprint density at radius 2 is 1.83 bits per heavy atom. The Morgan fingerprint density at radius 3 is 2.48 bits per heavy atom. The first-order valence-electron chi connectivity index (χ1n) is 9.01. The van der Waals surface area contributed by atoms with E-state index in [0.29, 0.717) is 29.2 Å². The van der Waals surface area contributed by atoms with Crippen molar-refractivity contribution in [2.24, 2.45) is 0 Å². The second-order valence-corrected chi connectivity index (χ2v) is 6.94. The molecular weight excluding hydrogens is 440 g/mol. The molecule has 8 heteroatoms. The molecule has 0 aliphatic carbocycles. The minimum Gasteiger partial charge on any atom is -0.493 e. The molecule has 1 N–H and O–H groups in total. The van der Waals surface area contributed by atoms with Crippen molar-refractivity contribution in [1.82, 2.24) is 5.43 Å². The van der Waals surface area contributed by atoms with Gasteiger partial charge in [0, 0.05) is 10.0 Å². The van der Waals surface area contributed by atoms with Gasteiger partial charge in [-0.15, -0.1) is 0 Å². The first-order chi connectivity index (χ1) is 13.9. The number of hydrogen-bond donors (Lipinski definition) is 1. The smallest absolute Gasteiger partial charge is 0.338 e. The van der Waals surface area contributed by atoms with Crippen LogP contribution in [0, 0.1) is 0 Å². The fourth-order valence-corrected chi connectivity index (χ4v) is 3.15. The zero-order chi connectivity index (χ0) is 21.0. The number of nitrogens with one attached hydrogen (secondary N) is 1. The molecule has 1 aliphatic rings. The van der Waals surface area contributed by atoms with Gasteiger partial charge in [0.1, 0.15) is 11.3 Å². The molecule has 1 aliphatic heterocycles. The largest absolute Gasteiger partial charge is 0.493 e. The lowest BCUT2D eigenvalue weighted by Gasteiger charge is -2.15. The quantitative estimate of drug-likeness (QED) is 0.406. The number of carbonyl (C=O) groups is 3. The highest BCUT2D eigenvalue weighted by molar-refractivity contribution is 9.10. The van der Waals surface area contributed by atoms with Crippen molar-refractivity contribution in [2.75, 3.05) is 18.2 Å². The van der Waals surface area contributed by atoms with Gasteiger partial charge in [-0.25, -0.2) is 9.80 Å². The summed E-state index contributed by atoms with van der Waals surface area (Å²) in [6.07, 6.45) is 1.50. The molecule has 1 heterocycles. The molecule has 0 atom stereocenters. The van der Waals surface area contributed by atoms with Crippen LogP contribution in [-0.2, 0) is 14.3 Å². The van der Waals surface area contributed by atoms with Crippen molar-refractivity contribution in [1.29, 1.82) is 0 Å². The van der Waals surface area contributed by atoms with Crippen molar-refractivity contribution >= 4 is 45.5 Å². The van der Waals surface area contributed by atoms with Crippen LogP contribution in [0.1, 0.15) is 29.8 Å². The van der Waals surface area contributed by atoms with Gasteiger partial charge < -0.3 is 9.47 Å². The topological polar surface area (TPSA) is 84.9 Å². The summed E-state index contributed by atoms with van der Waals surface area (Å²) in [6, 6.07) is 11.6. The van der Waals surface area contributed by atoms with Gasteiger partial charge in [-0.3, -0.25) is 15.0 Å². The summed E-state index contributed by atoms with van der Waals surface area (Å²) in [4.78, 5) is 37.0. The Hall–Kier alpha value is -3.13. The van der Waals surface area contributed by atoms with E-state index in [0.717, 1.165) is 9.48 Å². The van der Waals surface area contributed by atoms with E-state index in [1.54, 1.807) is 31.2 Å². The molecule has 29 heavy (non-hydrogen) atoms. The maximum atomic E-state index is 12.8. The summed E-state index contributed by atoms with van der Waals surface area (Å²) in [6.45, 7) is 4.31. The molecule has 7 nitrogen and oxygen atoms in total. The Balaban J connectivity index is 1.88. The molecule has 2 amide bonds. The molecule has 1 fully saturated rings. The van der Waals surface area contributed by atoms with E-state index in [9.17, 15) is 14.4 Å². The Labute approximate surface area is 176 Å². The van der Waals surface area contributed by atoms with Gasteiger partial charge >= 0.3 is 5.97 Å². The zero-order valence-corrected chi connectivity index (χ0v) is 17.5. The van der Waals surface area contributed by atoms with E-state index in [4.69, 9.17) is 9.47 Å². The van der Waals surface area contributed by atoms with Crippen LogP contribution in [0.25, 0.3) is 6.08 Å². The van der Waals surface area contributed by atoms with E-state index in [-0.39, 0.29) is 12.2 Å². The second kappa shape index (κ2) is 8.91. The van der Waals surface area contributed by atoms with Crippen LogP contribution in [0.5, 0.6) is 5.75 Å². The molecule has 0 spiro atoms. The number of anilines is 1. The molecule has 3 rings (SSSR count). The minimum absolute atomic E-state index is 0.0153. The third-order valence-corrected chi connectivity index (χ3v) is 4.59. The normalized spacial score (nSPS) is 14.9. The number of ether oxygens (including phenoxy) is 2. The predicted octanol–water partition coefficient (Wildman–Crippen LogP) is 3.49. The van der Waals surface area contributed by atoms with Gasteiger partial charge in [0.2, 0.25) is 0 Å². The van der Waals surface area contributed by atoms with Crippen LogP contribution < -0.4 is 15.2 Å². The van der Waals surface area contributed by atoms with E-state index in [1.807, 2.05) is 13.0 Å². The van der Waals surface area contributed by atoms with Gasteiger partial charge in [0.25, 0.3) is 11.8 Å². The SMILES string of the molecule is CCOC(=O)c1ccc(N2NC(=O)C(=Cc3cc(Br)ccc3OCC)C2=O)cc1. The van der Waals surface area contributed by atoms with Crippen LogP contribution in [0.4, 0.5) is 5.69 Å². The lowest BCUT2D eigenvalue weighted by Crippen LogP contribution is -2.35. The number of amides is 2. The molecule has 1 saturated heterocycles. The molecular formula is C21H19BrN2O5. The number of hydrogen-bond acceptors (Lipinski definition) is 5. The number of halogens is 1. The van der Waals surface area contributed by atoms with Crippen molar-refractivity contribution in [3.63, 3.8) is 0 Å². The fourth-order valence-electron chi connectivity index (χ4n) is 2.77. The third-order valence-electron chi connectivity index (χ3n) is 4.10. The highest BCUT2D eigenvalue weighted by atomic mass is 79.9.